The molecule has 1 aliphatic rings. The van der Waals surface area contributed by atoms with Gasteiger partial charge in [-0.15, -0.1) is 6.58 Å². The molecule has 0 radical (unpaired) electrons. The summed E-state index contributed by atoms with van der Waals surface area (Å²) in [5.74, 6) is -2.15. The van der Waals surface area contributed by atoms with Crippen LogP contribution < -0.4 is 11.5 Å². The van der Waals surface area contributed by atoms with Gasteiger partial charge in [0, 0.05) is 5.69 Å². The number of carbonyl (C=O) groups is 3. The molecule has 0 saturated heterocycles. The predicted molar refractivity (Wildman–Crippen MR) is 69.2 cm³/mol. The number of nitrogens with two attached hydrogens (primary N) is 2. The third kappa shape index (κ3) is 1.92. The Morgan fingerprint density at radius 1 is 1.37 bits per heavy atom. The number of hydrogen-bond donors (Lipinski definition) is 2. The molecule has 0 aliphatic carbocycles. The predicted octanol–water partition coefficient (Wildman–Crippen LogP) is 0.295. The molecule has 19 heavy (non-hydrogen) atoms. The fraction of sp³-hybridized carbons (Fsp3) is 0.154. The van der Waals surface area contributed by atoms with Gasteiger partial charge < -0.3 is 11.5 Å². The highest BCUT2D eigenvalue weighted by atomic mass is 16.2. The van der Waals surface area contributed by atoms with Crippen molar-refractivity contribution in [1.29, 1.82) is 0 Å². The average Bonchev–Trinajstić information content (AvgIpc) is 2.62. The van der Waals surface area contributed by atoms with E-state index in [1.54, 1.807) is 6.07 Å². The van der Waals surface area contributed by atoms with Crippen LogP contribution in [0.15, 0.2) is 30.9 Å². The van der Waals surface area contributed by atoms with Crippen molar-refractivity contribution >= 4 is 23.4 Å². The molecular formula is C13H13N3O3. The maximum Gasteiger partial charge on any atom is 0.270 e. The molecule has 6 nitrogen and oxygen atoms in total. The molecule has 1 unspecified atom stereocenters. The summed E-state index contributed by atoms with van der Waals surface area (Å²) in [6.07, 6.45) is 1.64. The monoisotopic (exact) mass is 259 g/mol. The van der Waals surface area contributed by atoms with Crippen LogP contribution in [0.1, 0.15) is 27.1 Å². The third-order valence-corrected chi connectivity index (χ3v) is 2.91. The quantitative estimate of drug-likeness (QED) is 0.461. The Morgan fingerprint density at radius 2 is 2.05 bits per heavy atom. The Kier molecular flexibility index (Phi) is 3.18. The Morgan fingerprint density at radius 3 is 2.63 bits per heavy atom. The molecule has 4 N–H and O–H groups in total. The van der Waals surface area contributed by atoms with E-state index in [0.29, 0.717) is 4.90 Å². The summed E-state index contributed by atoms with van der Waals surface area (Å²) in [7, 11) is 0. The standard InChI is InChI=1S/C13H13N3O3/c1-2-4-9(15)12(18)16-11(17)7-5-3-6-8(14)10(7)13(16)19/h2-3,5-6,9H,1,4,14-15H2. The smallest absolute Gasteiger partial charge is 0.270 e. The van der Waals surface area contributed by atoms with E-state index in [1.807, 2.05) is 0 Å². The van der Waals surface area contributed by atoms with Gasteiger partial charge in [0.1, 0.15) is 0 Å². The number of nitrogen functional groups attached to an aromatic ring is 1. The maximum absolute atomic E-state index is 12.1. The number of anilines is 1. The highest BCUT2D eigenvalue weighted by molar-refractivity contribution is 6.31. The zero-order valence-corrected chi connectivity index (χ0v) is 10.1. The minimum Gasteiger partial charge on any atom is -0.398 e. The van der Waals surface area contributed by atoms with Crippen molar-refractivity contribution < 1.29 is 14.4 Å². The van der Waals surface area contributed by atoms with Crippen LogP contribution in [0, 0.1) is 0 Å². The van der Waals surface area contributed by atoms with E-state index in [2.05, 4.69) is 6.58 Å². The summed E-state index contributed by atoms with van der Waals surface area (Å²) in [5, 5.41) is 0. The summed E-state index contributed by atoms with van der Waals surface area (Å²) in [5.41, 5.74) is 11.6. The van der Waals surface area contributed by atoms with E-state index < -0.39 is 23.8 Å². The SMILES string of the molecule is C=CCC(N)C(=O)N1C(=O)c2cccc(N)c2C1=O. The average molecular weight is 259 g/mol. The van der Waals surface area contributed by atoms with Crippen molar-refractivity contribution in [1.82, 2.24) is 4.90 Å². The molecule has 98 valence electrons. The number of hydrogen-bond acceptors (Lipinski definition) is 5. The van der Waals surface area contributed by atoms with Gasteiger partial charge in [-0.05, 0) is 18.6 Å². The molecular weight excluding hydrogens is 246 g/mol. The minimum absolute atomic E-state index is 0.0617. The van der Waals surface area contributed by atoms with E-state index in [4.69, 9.17) is 11.5 Å². The largest absolute Gasteiger partial charge is 0.398 e. The molecule has 6 heteroatoms. The van der Waals surface area contributed by atoms with Gasteiger partial charge in [-0.3, -0.25) is 14.4 Å². The first-order valence-corrected chi connectivity index (χ1v) is 5.66. The first kappa shape index (κ1) is 13.0. The highest BCUT2D eigenvalue weighted by Crippen LogP contribution is 2.28. The number of amides is 3. The Labute approximate surface area is 109 Å². The van der Waals surface area contributed by atoms with Crippen LogP contribution in [0.4, 0.5) is 5.69 Å². The van der Waals surface area contributed by atoms with Crippen LogP contribution in [0.25, 0.3) is 0 Å². The second-order valence-electron chi connectivity index (χ2n) is 4.18. The molecule has 2 rings (SSSR count). The lowest BCUT2D eigenvalue weighted by Gasteiger charge is -2.16. The van der Waals surface area contributed by atoms with Crippen LogP contribution >= 0.6 is 0 Å². The molecule has 1 heterocycles. The minimum atomic E-state index is -0.971. The fourth-order valence-electron chi connectivity index (χ4n) is 1.96. The molecule has 1 atom stereocenters. The summed E-state index contributed by atoms with van der Waals surface area (Å²) < 4.78 is 0. The van der Waals surface area contributed by atoms with Crippen molar-refractivity contribution in [2.45, 2.75) is 12.5 Å². The molecule has 0 bridgehead atoms. The van der Waals surface area contributed by atoms with Crippen LogP contribution in [0.3, 0.4) is 0 Å². The van der Waals surface area contributed by atoms with E-state index in [1.165, 1.54) is 18.2 Å². The van der Waals surface area contributed by atoms with E-state index in [0.717, 1.165) is 0 Å². The summed E-state index contributed by atoms with van der Waals surface area (Å²) >= 11 is 0. The summed E-state index contributed by atoms with van der Waals surface area (Å²) in [6.45, 7) is 3.46. The number of benzene rings is 1. The van der Waals surface area contributed by atoms with Crippen molar-refractivity contribution in [3.63, 3.8) is 0 Å². The number of nitrogens with zero attached hydrogens (tertiary/aromatic N) is 1. The number of carbonyl (C=O) groups excluding carboxylic acids is 3. The highest BCUT2D eigenvalue weighted by Gasteiger charge is 2.42. The molecule has 1 aromatic carbocycles. The second-order valence-corrected chi connectivity index (χ2v) is 4.18. The molecule has 1 aromatic rings. The first-order valence-electron chi connectivity index (χ1n) is 5.66. The maximum atomic E-state index is 12.1. The van der Waals surface area contributed by atoms with Gasteiger partial charge in [0.25, 0.3) is 17.7 Å². The van der Waals surface area contributed by atoms with Crippen molar-refractivity contribution in [2.24, 2.45) is 5.73 Å². The van der Waals surface area contributed by atoms with Gasteiger partial charge in [-0.25, -0.2) is 4.90 Å². The molecule has 3 amide bonds. The van der Waals surface area contributed by atoms with Gasteiger partial charge in [0.2, 0.25) is 0 Å². The molecule has 0 aromatic heterocycles. The number of fused-ring (bicyclic) bond motifs is 1. The molecule has 0 saturated carbocycles. The topological polar surface area (TPSA) is 106 Å². The molecule has 0 spiro atoms. The lowest BCUT2D eigenvalue weighted by atomic mass is 10.1. The van der Waals surface area contributed by atoms with Gasteiger partial charge in [-0.1, -0.05) is 12.1 Å². The van der Waals surface area contributed by atoms with E-state index in [-0.39, 0.29) is 23.2 Å². The van der Waals surface area contributed by atoms with Gasteiger partial charge >= 0.3 is 0 Å². The van der Waals surface area contributed by atoms with Gasteiger partial charge in [0.15, 0.2) is 0 Å². The normalized spacial score (nSPS) is 15.3. The Bertz CT molecular complexity index is 595. The van der Waals surface area contributed by atoms with Crippen molar-refractivity contribution in [2.75, 3.05) is 5.73 Å². The van der Waals surface area contributed by atoms with Gasteiger partial charge in [0.05, 0.1) is 17.2 Å². The lowest BCUT2D eigenvalue weighted by molar-refractivity contribution is -0.127. The van der Waals surface area contributed by atoms with Crippen LogP contribution in [0.2, 0.25) is 0 Å². The van der Waals surface area contributed by atoms with Crippen LogP contribution in [-0.2, 0) is 4.79 Å². The van der Waals surface area contributed by atoms with Crippen molar-refractivity contribution in [3.05, 3.63) is 42.0 Å². The molecule has 0 fully saturated rings. The van der Waals surface area contributed by atoms with Crippen LogP contribution in [0.5, 0.6) is 0 Å². The van der Waals surface area contributed by atoms with E-state index >= 15 is 0 Å². The first-order chi connectivity index (χ1) is 8.99. The summed E-state index contributed by atoms with van der Waals surface area (Å²) in [4.78, 5) is 36.7. The van der Waals surface area contributed by atoms with Gasteiger partial charge in [-0.2, -0.15) is 0 Å². The fourth-order valence-corrected chi connectivity index (χ4v) is 1.96. The zero-order valence-electron chi connectivity index (χ0n) is 10.1. The Balaban J connectivity index is 2.40. The Hall–Kier alpha value is -2.47. The second kappa shape index (κ2) is 4.66. The third-order valence-electron chi connectivity index (χ3n) is 2.91. The van der Waals surface area contributed by atoms with Crippen LogP contribution in [-0.4, -0.2) is 28.7 Å². The van der Waals surface area contributed by atoms with Crippen molar-refractivity contribution in [3.8, 4) is 0 Å². The number of imide groups is 3. The summed E-state index contributed by atoms with van der Waals surface area (Å²) in [6, 6.07) is 3.54. The number of rotatable bonds is 3. The zero-order chi connectivity index (χ0) is 14.2. The lowest BCUT2D eigenvalue weighted by Crippen LogP contribution is -2.46. The molecule has 1 aliphatic heterocycles. The van der Waals surface area contributed by atoms with E-state index in [9.17, 15) is 14.4 Å².